The van der Waals surface area contributed by atoms with E-state index in [1.165, 1.54) is 0 Å². The molecule has 0 aliphatic carbocycles. The van der Waals surface area contributed by atoms with Crippen LogP contribution in [0.1, 0.15) is 24.3 Å². The van der Waals surface area contributed by atoms with Crippen LogP contribution in [-0.4, -0.2) is 18.1 Å². The van der Waals surface area contributed by atoms with Crippen molar-refractivity contribution in [2.45, 2.75) is 33.0 Å². The van der Waals surface area contributed by atoms with Gasteiger partial charge in [0.05, 0.1) is 17.5 Å². The standard InChI is InChI=1S/C15H20N2O2S/c1-11(2)17-7-12-5-4-6-14(18-3)15(12)19-9-13-8-16-10-20-13/h4-6,8,10-11,17H,7,9H2,1-3H3. The van der Waals surface area contributed by atoms with E-state index >= 15 is 0 Å². The molecule has 0 saturated heterocycles. The molecule has 108 valence electrons. The van der Waals surface area contributed by atoms with Gasteiger partial charge in [-0.2, -0.15) is 0 Å². The molecule has 1 aromatic heterocycles. The number of hydrogen-bond donors (Lipinski definition) is 1. The second kappa shape index (κ2) is 7.26. The third-order valence-corrected chi connectivity index (χ3v) is 3.58. The van der Waals surface area contributed by atoms with Crippen LogP contribution in [0.2, 0.25) is 0 Å². The maximum Gasteiger partial charge on any atom is 0.166 e. The molecule has 0 unspecified atom stereocenters. The lowest BCUT2D eigenvalue weighted by Crippen LogP contribution is -2.22. The van der Waals surface area contributed by atoms with Crippen LogP contribution in [-0.2, 0) is 13.2 Å². The van der Waals surface area contributed by atoms with E-state index in [-0.39, 0.29) is 0 Å². The minimum absolute atomic E-state index is 0.426. The maximum absolute atomic E-state index is 5.94. The quantitative estimate of drug-likeness (QED) is 0.851. The minimum Gasteiger partial charge on any atom is -0.493 e. The lowest BCUT2D eigenvalue weighted by atomic mass is 10.1. The van der Waals surface area contributed by atoms with Crippen LogP contribution in [0, 0.1) is 0 Å². The summed E-state index contributed by atoms with van der Waals surface area (Å²) in [6.45, 7) is 5.52. The number of aromatic nitrogens is 1. The van der Waals surface area contributed by atoms with Crippen molar-refractivity contribution in [2.75, 3.05) is 7.11 Å². The number of benzene rings is 1. The average Bonchev–Trinajstić information content (AvgIpc) is 2.96. The molecule has 4 nitrogen and oxygen atoms in total. The van der Waals surface area contributed by atoms with Crippen LogP contribution in [0.15, 0.2) is 29.9 Å². The molecule has 0 amide bonds. The number of thiazole rings is 1. The van der Waals surface area contributed by atoms with Crippen molar-refractivity contribution in [3.05, 3.63) is 40.3 Å². The Kier molecular flexibility index (Phi) is 5.38. The molecule has 0 radical (unpaired) electrons. The summed E-state index contributed by atoms with van der Waals surface area (Å²) in [6.07, 6.45) is 1.83. The molecule has 0 aliphatic heterocycles. The zero-order chi connectivity index (χ0) is 14.4. The fourth-order valence-electron chi connectivity index (χ4n) is 1.80. The summed E-state index contributed by atoms with van der Waals surface area (Å²) >= 11 is 1.59. The molecule has 0 aliphatic rings. The monoisotopic (exact) mass is 292 g/mol. The van der Waals surface area contributed by atoms with Gasteiger partial charge >= 0.3 is 0 Å². The molecule has 0 spiro atoms. The lowest BCUT2D eigenvalue weighted by Gasteiger charge is -2.16. The molecular weight excluding hydrogens is 272 g/mol. The fourth-order valence-corrected chi connectivity index (χ4v) is 2.30. The Labute approximate surface area is 123 Å². The zero-order valence-corrected chi connectivity index (χ0v) is 12.9. The number of hydrogen-bond acceptors (Lipinski definition) is 5. The summed E-state index contributed by atoms with van der Waals surface area (Å²) < 4.78 is 11.3. The summed E-state index contributed by atoms with van der Waals surface area (Å²) in [6, 6.07) is 6.38. The Hall–Kier alpha value is -1.59. The van der Waals surface area contributed by atoms with E-state index in [0.29, 0.717) is 12.6 Å². The molecule has 0 bridgehead atoms. The number of nitrogens with one attached hydrogen (secondary N) is 1. The van der Waals surface area contributed by atoms with Gasteiger partial charge in [0.25, 0.3) is 0 Å². The van der Waals surface area contributed by atoms with E-state index in [1.807, 2.05) is 23.8 Å². The average molecular weight is 292 g/mol. The normalized spacial score (nSPS) is 10.8. The first kappa shape index (κ1) is 14.8. The molecule has 1 heterocycles. The Morgan fingerprint density at radius 1 is 1.35 bits per heavy atom. The second-order valence-corrected chi connectivity index (χ2v) is 5.71. The molecule has 2 aromatic rings. The number of rotatable bonds is 7. The lowest BCUT2D eigenvalue weighted by molar-refractivity contribution is 0.283. The highest BCUT2D eigenvalue weighted by molar-refractivity contribution is 7.09. The van der Waals surface area contributed by atoms with Crippen LogP contribution in [0.5, 0.6) is 11.5 Å². The molecule has 20 heavy (non-hydrogen) atoms. The molecule has 1 N–H and O–H groups in total. The number of methoxy groups -OCH3 is 1. The summed E-state index contributed by atoms with van der Waals surface area (Å²) in [4.78, 5) is 5.15. The van der Waals surface area contributed by atoms with Gasteiger partial charge in [-0.3, -0.25) is 4.98 Å². The van der Waals surface area contributed by atoms with Crippen molar-refractivity contribution in [3.63, 3.8) is 0 Å². The summed E-state index contributed by atoms with van der Waals surface area (Å²) in [5.41, 5.74) is 2.91. The van der Waals surface area contributed by atoms with Crippen LogP contribution in [0.3, 0.4) is 0 Å². The van der Waals surface area contributed by atoms with Crippen molar-refractivity contribution in [2.24, 2.45) is 0 Å². The first-order chi connectivity index (χ1) is 9.70. The Balaban J connectivity index is 2.14. The molecule has 5 heteroatoms. The highest BCUT2D eigenvalue weighted by atomic mass is 32.1. The van der Waals surface area contributed by atoms with Gasteiger partial charge in [0.1, 0.15) is 6.61 Å². The smallest absolute Gasteiger partial charge is 0.166 e. The largest absolute Gasteiger partial charge is 0.493 e. The minimum atomic E-state index is 0.426. The van der Waals surface area contributed by atoms with Crippen LogP contribution < -0.4 is 14.8 Å². The van der Waals surface area contributed by atoms with E-state index in [1.54, 1.807) is 18.4 Å². The molecule has 0 atom stereocenters. The van der Waals surface area contributed by atoms with Gasteiger partial charge in [-0.15, -0.1) is 11.3 Å². The molecular formula is C15H20N2O2S. The maximum atomic E-state index is 5.94. The number of para-hydroxylation sites is 1. The molecule has 1 aromatic carbocycles. The van der Waals surface area contributed by atoms with E-state index in [9.17, 15) is 0 Å². The SMILES string of the molecule is COc1cccc(CNC(C)C)c1OCc1cncs1. The Morgan fingerprint density at radius 2 is 2.20 bits per heavy atom. The summed E-state index contributed by atoms with van der Waals surface area (Å²) in [7, 11) is 1.66. The van der Waals surface area contributed by atoms with Gasteiger partial charge in [0.15, 0.2) is 11.5 Å². The summed E-state index contributed by atoms with van der Waals surface area (Å²) in [5.74, 6) is 1.56. The topological polar surface area (TPSA) is 43.4 Å². The summed E-state index contributed by atoms with van der Waals surface area (Å²) in [5, 5.41) is 3.40. The first-order valence-corrected chi connectivity index (χ1v) is 7.48. The Bertz CT molecular complexity index is 527. The van der Waals surface area contributed by atoms with E-state index in [2.05, 4.69) is 30.2 Å². The fraction of sp³-hybridized carbons (Fsp3) is 0.400. The van der Waals surface area contributed by atoms with Crippen molar-refractivity contribution in [1.82, 2.24) is 10.3 Å². The molecule has 2 rings (SSSR count). The van der Waals surface area contributed by atoms with Crippen molar-refractivity contribution < 1.29 is 9.47 Å². The molecule has 0 fully saturated rings. The third kappa shape index (κ3) is 3.95. The van der Waals surface area contributed by atoms with Crippen LogP contribution in [0.25, 0.3) is 0 Å². The van der Waals surface area contributed by atoms with Gasteiger partial charge < -0.3 is 14.8 Å². The van der Waals surface area contributed by atoms with Gasteiger partial charge in [-0.1, -0.05) is 26.0 Å². The van der Waals surface area contributed by atoms with Gasteiger partial charge in [-0.05, 0) is 6.07 Å². The highest BCUT2D eigenvalue weighted by Gasteiger charge is 2.11. The van der Waals surface area contributed by atoms with E-state index in [4.69, 9.17) is 9.47 Å². The Morgan fingerprint density at radius 3 is 2.85 bits per heavy atom. The number of ether oxygens (including phenoxy) is 2. The van der Waals surface area contributed by atoms with E-state index in [0.717, 1.165) is 28.5 Å². The molecule has 0 saturated carbocycles. The second-order valence-electron chi connectivity index (χ2n) is 4.74. The first-order valence-electron chi connectivity index (χ1n) is 6.60. The van der Waals surface area contributed by atoms with Crippen LogP contribution in [0.4, 0.5) is 0 Å². The van der Waals surface area contributed by atoms with Gasteiger partial charge in [0, 0.05) is 24.3 Å². The third-order valence-electron chi connectivity index (χ3n) is 2.82. The predicted octanol–water partition coefficient (Wildman–Crippen LogP) is 3.23. The van der Waals surface area contributed by atoms with Crippen LogP contribution >= 0.6 is 11.3 Å². The zero-order valence-electron chi connectivity index (χ0n) is 12.1. The van der Waals surface area contributed by atoms with Crippen molar-refractivity contribution in [1.29, 1.82) is 0 Å². The highest BCUT2D eigenvalue weighted by Crippen LogP contribution is 2.32. The van der Waals surface area contributed by atoms with Gasteiger partial charge in [0.2, 0.25) is 0 Å². The van der Waals surface area contributed by atoms with Crippen molar-refractivity contribution in [3.8, 4) is 11.5 Å². The predicted molar refractivity (Wildman–Crippen MR) is 81.4 cm³/mol. The van der Waals surface area contributed by atoms with Gasteiger partial charge in [-0.25, -0.2) is 0 Å². The van der Waals surface area contributed by atoms with Crippen molar-refractivity contribution >= 4 is 11.3 Å². The number of nitrogens with zero attached hydrogens (tertiary/aromatic N) is 1. The van der Waals surface area contributed by atoms with E-state index < -0.39 is 0 Å².